The number of benzene rings is 1. The molecule has 89 valence electrons. The fourth-order valence-electron chi connectivity index (χ4n) is 1.08. The van der Waals surface area contributed by atoms with Gasteiger partial charge in [-0.15, -0.1) is 0 Å². The van der Waals surface area contributed by atoms with Crippen molar-refractivity contribution in [2.24, 2.45) is 0 Å². The van der Waals surface area contributed by atoms with Gasteiger partial charge in [-0.2, -0.15) is 0 Å². The van der Waals surface area contributed by atoms with Crippen LogP contribution in [0.15, 0.2) is 37.4 Å². The number of nitro benzene ring substituents is 1. The highest BCUT2D eigenvalue weighted by Crippen LogP contribution is 2.31. The van der Waals surface area contributed by atoms with Crippen LogP contribution in [-0.2, 0) is 0 Å². The Morgan fingerprint density at radius 2 is 1.88 bits per heavy atom. The van der Waals surface area contributed by atoms with E-state index in [4.69, 9.17) is 9.47 Å². The van der Waals surface area contributed by atoms with Crippen LogP contribution >= 0.6 is 0 Å². The number of non-ortho nitro benzene ring substituents is 1. The molecular weight excluding hydrogens is 222 g/mol. The Labute approximate surface area is 99.1 Å². The van der Waals surface area contributed by atoms with Gasteiger partial charge in [-0.05, 0) is 6.07 Å². The van der Waals surface area contributed by atoms with Gasteiger partial charge in [0.1, 0.15) is 13.2 Å². The van der Waals surface area contributed by atoms with Gasteiger partial charge in [0.05, 0.1) is 17.1 Å². The molecule has 0 bridgehead atoms. The number of nitrogens with zero attached hydrogens (tertiary/aromatic N) is 1. The van der Waals surface area contributed by atoms with Crippen LogP contribution in [0.25, 0.3) is 0 Å². The van der Waals surface area contributed by atoms with Crippen LogP contribution in [0.3, 0.4) is 0 Å². The fourth-order valence-corrected chi connectivity index (χ4v) is 1.08. The van der Waals surface area contributed by atoms with Crippen molar-refractivity contribution in [3.8, 4) is 11.5 Å². The van der Waals surface area contributed by atoms with Crippen LogP contribution in [0.1, 0.15) is 0 Å². The van der Waals surface area contributed by atoms with Gasteiger partial charge >= 0.3 is 0 Å². The van der Waals surface area contributed by atoms with Gasteiger partial charge in [0, 0.05) is 0 Å². The van der Waals surface area contributed by atoms with E-state index in [1.165, 1.54) is 12.1 Å². The third-order valence-electron chi connectivity index (χ3n) is 1.77. The minimum atomic E-state index is -0.544. The first-order valence-electron chi connectivity index (χ1n) is 4.86. The van der Waals surface area contributed by atoms with E-state index in [0.29, 0.717) is 5.75 Å². The van der Waals surface area contributed by atoms with Crippen LogP contribution in [0.5, 0.6) is 11.5 Å². The second-order valence-electron chi connectivity index (χ2n) is 3.00. The molecule has 0 aromatic heterocycles. The molecule has 0 spiro atoms. The summed E-state index contributed by atoms with van der Waals surface area (Å²) in [6.07, 6.45) is 3.11. The lowest BCUT2D eigenvalue weighted by Crippen LogP contribution is -2.00. The molecule has 0 amide bonds. The summed E-state index contributed by atoms with van der Waals surface area (Å²) in [6, 6.07) is 5.14. The molecule has 5 heteroatoms. The number of rotatable bonds is 7. The maximum atomic E-state index is 10.6. The lowest BCUT2D eigenvalue weighted by molar-refractivity contribution is -0.385. The molecule has 17 heavy (non-hydrogen) atoms. The van der Waals surface area contributed by atoms with Crippen molar-refractivity contribution in [2.45, 2.75) is 0 Å². The first-order valence-corrected chi connectivity index (χ1v) is 4.86. The van der Waals surface area contributed by atoms with E-state index in [0.717, 1.165) is 0 Å². The monoisotopic (exact) mass is 234 g/mol. The Bertz CT molecular complexity index is 429. The summed E-state index contributed by atoms with van der Waals surface area (Å²) in [5.74, 6) is 0.676. The quantitative estimate of drug-likeness (QED) is 0.413. The van der Waals surface area contributed by atoms with E-state index in [2.05, 4.69) is 19.2 Å². The highest BCUT2D eigenvalue weighted by Gasteiger charge is 2.12. The number of hydrogen-bond acceptors (Lipinski definition) is 4. The highest BCUT2D eigenvalue weighted by atomic mass is 16.6. The zero-order valence-corrected chi connectivity index (χ0v) is 9.22. The molecule has 1 radical (unpaired) electrons. The van der Waals surface area contributed by atoms with E-state index in [9.17, 15) is 10.1 Å². The lowest BCUT2D eigenvalue weighted by Gasteiger charge is -2.09. The van der Waals surface area contributed by atoms with Crippen LogP contribution < -0.4 is 9.47 Å². The second-order valence-corrected chi connectivity index (χ2v) is 3.00. The van der Waals surface area contributed by atoms with E-state index < -0.39 is 4.92 Å². The maximum absolute atomic E-state index is 10.6. The summed E-state index contributed by atoms with van der Waals surface area (Å²) < 4.78 is 10.6. The van der Waals surface area contributed by atoms with Gasteiger partial charge in [-0.1, -0.05) is 25.3 Å². The molecule has 0 aliphatic heterocycles. The minimum absolute atomic E-state index is 0.171. The number of hydrogen-bond donors (Lipinski definition) is 0. The van der Waals surface area contributed by atoms with E-state index in [-0.39, 0.29) is 24.7 Å². The van der Waals surface area contributed by atoms with Gasteiger partial charge in [0.15, 0.2) is 11.5 Å². The summed E-state index contributed by atoms with van der Waals surface area (Å²) in [5, 5.41) is 10.6. The van der Waals surface area contributed by atoms with Crippen LogP contribution in [0.2, 0.25) is 0 Å². The molecule has 0 aliphatic carbocycles. The van der Waals surface area contributed by atoms with Crippen molar-refractivity contribution >= 4 is 5.69 Å². The molecule has 0 unspecified atom stereocenters. The van der Waals surface area contributed by atoms with Crippen molar-refractivity contribution in [3.63, 3.8) is 0 Å². The molecule has 0 atom stereocenters. The third-order valence-corrected chi connectivity index (χ3v) is 1.77. The summed E-state index contributed by atoms with van der Waals surface area (Å²) in [7, 11) is 0. The lowest BCUT2D eigenvalue weighted by atomic mass is 10.3. The predicted octanol–water partition coefficient (Wildman–Crippen LogP) is 2.52. The Kier molecular flexibility index (Phi) is 4.75. The van der Waals surface area contributed by atoms with Crippen molar-refractivity contribution in [1.29, 1.82) is 0 Å². The van der Waals surface area contributed by atoms with Gasteiger partial charge in [0.25, 0.3) is 5.69 Å². The zero-order valence-electron chi connectivity index (χ0n) is 9.22. The molecule has 5 nitrogen and oxygen atoms in total. The topological polar surface area (TPSA) is 61.6 Å². The van der Waals surface area contributed by atoms with E-state index in [1.54, 1.807) is 12.2 Å². The second kappa shape index (κ2) is 6.32. The summed E-state index contributed by atoms with van der Waals surface area (Å²) in [6.45, 7) is 7.54. The SMILES string of the molecule is C=CCOc1c[c]c([N+](=O)[O-])cc1OCC=C. The Morgan fingerprint density at radius 1 is 1.29 bits per heavy atom. The fraction of sp³-hybridized carbons (Fsp3) is 0.167. The average molecular weight is 234 g/mol. The molecule has 0 heterocycles. The van der Waals surface area contributed by atoms with Gasteiger partial charge in [0.2, 0.25) is 0 Å². The minimum Gasteiger partial charge on any atom is -0.486 e. The molecule has 1 aromatic rings. The predicted molar refractivity (Wildman–Crippen MR) is 63.3 cm³/mol. The van der Waals surface area contributed by atoms with E-state index in [1.807, 2.05) is 0 Å². The molecule has 0 N–H and O–H groups in total. The summed E-state index contributed by atoms with van der Waals surface area (Å²) >= 11 is 0. The molecule has 0 aliphatic rings. The molecule has 1 aromatic carbocycles. The Balaban J connectivity index is 2.97. The molecule has 0 fully saturated rings. The van der Waals surface area contributed by atoms with Crippen LogP contribution in [-0.4, -0.2) is 18.1 Å². The highest BCUT2D eigenvalue weighted by molar-refractivity contribution is 5.47. The largest absolute Gasteiger partial charge is 0.486 e. The molecule has 1 rings (SSSR count). The summed E-state index contributed by atoms with van der Waals surface area (Å²) in [4.78, 5) is 10.1. The van der Waals surface area contributed by atoms with Gasteiger partial charge in [-0.25, -0.2) is 0 Å². The molecular formula is C12H12NO4. The smallest absolute Gasteiger partial charge is 0.281 e. The van der Waals surface area contributed by atoms with Crippen LogP contribution in [0, 0.1) is 16.2 Å². The standard InChI is InChI=1S/C12H12NO4/c1-3-7-16-11-6-5-10(13(14)15)9-12(11)17-8-4-2/h3-4,6,9H,1-2,7-8H2. The maximum Gasteiger partial charge on any atom is 0.281 e. The molecule has 0 saturated heterocycles. The van der Waals surface area contributed by atoms with Gasteiger partial charge in [-0.3, -0.25) is 10.1 Å². The average Bonchev–Trinajstić information content (AvgIpc) is 2.34. The van der Waals surface area contributed by atoms with Crippen molar-refractivity contribution in [1.82, 2.24) is 0 Å². The number of nitro groups is 1. The number of ether oxygens (including phenoxy) is 2. The Hall–Kier alpha value is -2.30. The van der Waals surface area contributed by atoms with Crippen molar-refractivity contribution in [3.05, 3.63) is 53.6 Å². The van der Waals surface area contributed by atoms with Crippen LogP contribution in [0.4, 0.5) is 5.69 Å². The third kappa shape index (κ3) is 3.64. The normalized spacial score (nSPS) is 9.41. The van der Waals surface area contributed by atoms with Crippen molar-refractivity contribution < 1.29 is 14.4 Å². The zero-order chi connectivity index (χ0) is 12.7. The molecule has 0 saturated carbocycles. The van der Waals surface area contributed by atoms with E-state index >= 15 is 0 Å². The first-order chi connectivity index (χ1) is 8.19. The Morgan fingerprint density at radius 3 is 2.41 bits per heavy atom. The first kappa shape index (κ1) is 12.8. The summed E-state index contributed by atoms with van der Waals surface area (Å²) in [5.41, 5.74) is -0.171. The van der Waals surface area contributed by atoms with Crippen molar-refractivity contribution in [2.75, 3.05) is 13.2 Å². The van der Waals surface area contributed by atoms with Gasteiger partial charge < -0.3 is 9.47 Å².